The molecule has 2 aromatic rings. The lowest BCUT2D eigenvalue weighted by Gasteiger charge is -2.35. The fourth-order valence-electron chi connectivity index (χ4n) is 8.54. The molecule has 1 N–H and O–H groups in total. The highest BCUT2D eigenvalue weighted by atomic mass is 16.6. The van der Waals surface area contributed by atoms with E-state index in [1.54, 1.807) is 27.8 Å². The first-order valence-electron chi connectivity index (χ1n) is 19.3. The van der Waals surface area contributed by atoms with Gasteiger partial charge in [-0.25, -0.2) is 0 Å². The number of nitrogens with zero attached hydrogens (tertiary/aromatic N) is 4. The van der Waals surface area contributed by atoms with Crippen LogP contribution in [0, 0.1) is 11.8 Å². The van der Waals surface area contributed by atoms with Crippen molar-refractivity contribution >= 4 is 35.1 Å². The first-order chi connectivity index (χ1) is 25.7. The zero-order valence-corrected chi connectivity index (χ0v) is 31.4. The molecule has 3 amide bonds. The van der Waals surface area contributed by atoms with Crippen molar-refractivity contribution < 1.29 is 33.8 Å². The van der Waals surface area contributed by atoms with E-state index in [9.17, 15) is 24.3 Å². The summed E-state index contributed by atoms with van der Waals surface area (Å²) in [4.78, 5) is 64.9. The van der Waals surface area contributed by atoms with Gasteiger partial charge in [-0.15, -0.1) is 0 Å². The summed E-state index contributed by atoms with van der Waals surface area (Å²) in [6.07, 6.45) is 9.21. The van der Waals surface area contributed by atoms with E-state index in [1.807, 2.05) is 79.7 Å². The van der Waals surface area contributed by atoms with Crippen molar-refractivity contribution in [1.29, 1.82) is 0 Å². The van der Waals surface area contributed by atoms with Gasteiger partial charge in [0.2, 0.25) is 11.8 Å². The van der Waals surface area contributed by atoms with Gasteiger partial charge in [0.25, 0.3) is 5.91 Å². The predicted octanol–water partition coefficient (Wildman–Crippen LogP) is 5.05. The van der Waals surface area contributed by atoms with Crippen LogP contribution < -0.4 is 9.80 Å². The molecule has 53 heavy (non-hydrogen) atoms. The van der Waals surface area contributed by atoms with Crippen LogP contribution in [0.15, 0.2) is 78.9 Å². The second kappa shape index (κ2) is 16.7. The zero-order valence-electron chi connectivity index (χ0n) is 31.4. The zero-order chi connectivity index (χ0) is 37.7. The maximum Gasteiger partial charge on any atom is 0.313 e. The number of carbonyl (C=O) groups excluding carboxylic acids is 4. The Balaban J connectivity index is 1.40. The van der Waals surface area contributed by atoms with E-state index in [-0.39, 0.29) is 37.3 Å². The van der Waals surface area contributed by atoms with Crippen molar-refractivity contribution in [2.24, 2.45) is 11.8 Å². The fourth-order valence-corrected chi connectivity index (χ4v) is 8.54. The maximum atomic E-state index is 15.0. The summed E-state index contributed by atoms with van der Waals surface area (Å²) < 4.78 is 13.3. The molecular formula is C42H54N4O7. The molecular weight excluding hydrogens is 672 g/mol. The lowest BCUT2D eigenvalue weighted by atomic mass is 9.77. The number of cyclic esters (lactones) is 1. The molecule has 2 aromatic carbocycles. The Morgan fingerprint density at radius 2 is 1.62 bits per heavy atom. The predicted molar refractivity (Wildman–Crippen MR) is 203 cm³/mol. The molecule has 2 fully saturated rings. The van der Waals surface area contributed by atoms with Crippen molar-refractivity contribution in [3.8, 4) is 0 Å². The summed E-state index contributed by atoms with van der Waals surface area (Å²) in [5, 5.41) is 9.33. The Bertz CT molecular complexity index is 1680. The summed E-state index contributed by atoms with van der Waals surface area (Å²) in [6, 6.07) is 15.7. The number of ether oxygens (including phenoxy) is 2. The van der Waals surface area contributed by atoms with Crippen LogP contribution in [0.4, 0.5) is 11.4 Å². The minimum Gasteiger partial charge on any atom is -0.455 e. The Labute approximate surface area is 313 Å². The summed E-state index contributed by atoms with van der Waals surface area (Å²) in [5.74, 6) is -3.30. The van der Waals surface area contributed by atoms with E-state index in [1.165, 1.54) is 0 Å². The Morgan fingerprint density at radius 1 is 0.906 bits per heavy atom. The fraction of sp³-hybridized carbons (Fsp3) is 0.524. The third-order valence-corrected chi connectivity index (χ3v) is 11.5. The van der Waals surface area contributed by atoms with Gasteiger partial charge in [-0.2, -0.15) is 0 Å². The number of hydrogen-bond acceptors (Lipinski definition) is 8. The molecule has 0 saturated carbocycles. The van der Waals surface area contributed by atoms with Crippen LogP contribution in [0.5, 0.6) is 0 Å². The van der Waals surface area contributed by atoms with Crippen molar-refractivity contribution in [1.82, 2.24) is 9.80 Å². The molecule has 1 spiro atoms. The number of hydrogen-bond donors (Lipinski definition) is 1. The van der Waals surface area contributed by atoms with Gasteiger partial charge in [0.1, 0.15) is 23.7 Å². The van der Waals surface area contributed by atoms with Crippen LogP contribution in [0.2, 0.25) is 0 Å². The highest BCUT2D eigenvalue weighted by Crippen LogP contribution is 2.53. The van der Waals surface area contributed by atoms with Crippen LogP contribution in [0.3, 0.4) is 0 Å². The Hall–Kier alpha value is -4.48. The van der Waals surface area contributed by atoms with Gasteiger partial charge in [-0.05, 0) is 69.9 Å². The molecule has 0 aromatic heterocycles. The van der Waals surface area contributed by atoms with Gasteiger partial charge in [-0.3, -0.25) is 19.2 Å². The average molecular weight is 727 g/mol. The molecule has 6 rings (SSSR count). The number of aliphatic hydroxyl groups is 1. The summed E-state index contributed by atoms with van der Waals surface area (Å²) in [7, 11) is 1.72. The molecule has 2 saturated heterocycles. The van der Waals surface area contributed by atoms with E-state index in [0.29, 0.717) is 31.5 Å². The number of amides is 3. The standard InChI is InChI=1S/C42H54N4O7/c1-5-44(6-2)31-21-23-32(24-22-31)45-27-16-25-42-36(39(49)46(38(42)40(45)50)26-14-7-8-15-28-47)35-33(53-42)19-12-13-20-34(48)43(4)29(3)37(52-41(35)51)30-17-10-9-11-18-30/h9-12,16-19,21-25,29,33,35-38,47H,5-8,13-15,20,26-28H2,1-4H3/b19-12-/t29-,33-,35+,36+,37+,38-,42+/m1/s1. The second-order valence-corrected chi connectivity index (χ2v) is 14.5. The minimum absolute atomic E-state index is 0.0774. The maximum absolute atomic E-state index is 15.0. The third-order valence-electron chi connectivity index (χ3n) is 11.5. The molecule has 0 radical (unpaired) electrons. The second-order valence-electron chi connectivity index (χ2n) is 14.5. The largest absolute Gasteiger partial charge is 0.455 e. The number of fused-ring (bicyclic) bond motifs is 2. The smallest absolute Gasteiger partial charge is 0.313 e. The molecule has 4 heterocycles. The first-order valence-corrected chi connectivity index (χ1v) is 19.3. The van der Waals surface area contributed by atoms with Crippen molar-refractivity contribution in [2.75, 3.05) is 49.6 Å². The lowest BCUT2D eigenvalue weighted by Crippen LogP contribution is -2.55. The van der Waals surface area contributed by atoms with E-state index >= 15 is 0 Å². The van der Waals surface area contributed by atoms with E-state index < -0.39 is 47.7 Å². The number of rotatable bonds is 11. The molecule has 0 bridgehead atoms. The van der Waals surface area contributed by atoms with Crippen molar-refractivity contribution in [3.05, 3.63) is 84.5 Å². The molecule has 284 valence electrons. The number of carbonyl (C=O) groups is 4. The lowest BCUT2D eigenvalue weighted by molar-refractivity contribution is -0.164. The number of allylic oxidation sites excluding steroid dienone is 1. The topological polar surface area (TPSA) is 120 Å². The monoisotopic (exact) mass is 726 g/mol. The van der Waals surface area contributed by atoms with Crippen LogP contribution in [-0.4, -0.2) is 102 Å². The van der Waals surface area contributed by atoms with Gasteiger partial charge in [0.15, 0.2) is 0 Å². The SMILES string of the molecule is CCN(CC)c1ccc(N2CC=C[C@]34O[C@@H]5/C=C\CCC(=O)N(C)[C@H](C)[C@@H](c6ccccc6)OC(=O)[C@@H]5[C@H]3C(=O)N(CCCCCCO)[C@@H]4C2=O)cc1. The van der Waals surface area contributed by atoms with Crippen LogP contribution in [0.25, 0.3) is 0 Å². The molecule has 0 unspecified atom stereocenters. The van der Waals surface area contributed by atoms with Gasteiger partial charge in [0.05, 0.1) is 18.1 Å². The van der Waals surface area contributed by atoms with E-state index in [4.69, 9.17) is 9.47 Å². The average Bonchev–Trinajstić information content (AvgIpc) is 3.55. The van der Waals surface area contributed by atoms with Crippen LogP contribution in [0.1, 0.15) is 71.0 Å². The van der Waals surface area contributed by atoms with Gasteiger partial charge < -0.3 is 34.2 Å². The van der Waals surface area contributed by atoms with Crippen LogP contribution in [-0.2, 0) is 28.7 Å². The van der Waals surface area contributed by atoms with Crippen molar-refractivity contribution in [2.45, 2.75) is 89.2 Å². The molecule has 0 aliphatic carbocycles. The summed E-state index contributed by atoms with van der Waals surface area (Å²) in [5.41, 5.74) is 1.08. The Morgan fingerprint density at radius 3 is 2.32 bits per heavy atom. The van der Waals surface area contributed by atoms with Gasteiger partial charge in [0, 0.05) is 57.6 Å². The molecule has 11 heteroatoms. The quantitative estimate of drug-likeness (QED) is 0.194. The first kappa shape index (κ1) is 38.3. The van der Waals surface area contributed by atoms with Crippen LogP contribution >= 0.6 is 0 Å². The van der Waals surface area contributed by atoms with Crippen molar-refractivity contribution in [3.63, 3.8) is 0 Å². The third kappa shape index (κ3) is 7.38. The number of unbranched alkanes of at least 4 members (excludes halogenated alkanes) is 3. The molecule has 11 nitrogen and oxygen atoms in total. The number of benzene rings is 2. The number of anilines is 2. The highest BCUT2D eigenvalue weighted by molar-refractivity contribution is 6.05. The Kier molecular flexibility index (Phi) is 12.0. The summed E-state index contributed by atoms with van der Waals surface area (Å²) in [6.45, 7) is 8.46. The van der Waals surface area contributed by atoms with E-state index in [2.05, 4.69) is 18.7 Å². The highest BCUT2D eigenvalue weighted by Gasteiger charge is 2.71. The van der Waals surface area contributed by atoms with Gasteiger partial charge >= 0.3 is 5.97 Å². The molecule has 4 aliphatic heterocycles. The minimum atomic E-state index is -1.42. The number of likely N-dealkylation sites (tertiary alicyclic amines) is 1. The molecule has 4 aliphatic rings. The summed E-state index contributed by atoms with van der Waals surface area (Å²) >= 11 is 0. The normalized spacial score (nSPS) is 29.5. The number of likely N-dealkylation sites (N-methyl/N-ethyl adjacent to an activating group) is 1. The van der Waals surface area contributed by atoms with E-state index in [0.717, 1.165) is 37.2 Å². The molecule has 7 atom stereocenters. The number of esters is 1. The van der Waals surface area contributed by atoms with Gasteiger partial charge in [-0.1, -0.05) is 67.5 Å². The number of aliphatic hydroxyl groups excluding tert-OH is 1.